The van der Waals surface area contributed by atoms with E-state index >= 15 is 0 Å². The fourth-order valence-electron chi connectivity index (χ4n) is 7.88. The van der Waals surface area contributed by atoms with E-state index in [1.165, 1.54) is 29.3 Å². The molecule has 1 saturated heterocycles. The van der Waals surface area contributed by atoms with Gasteiger partial charge >= 0.3 is 0 Å². The molecular formula is C38H32FN5O4S. The zero-order chi connectivity index (χ0) is 33.2. The predicted octanol–water partition coefficient (Wildman–Crippen LogP) is 7.63. The first-order chi connectivity index (χ1) is 24.0. The average Bonchev–Trinajstić information content (AvgIpc) is 3.95. The molecular weight excluding hydrogens is 642 g/mol. The molecule has 2 N–H and O–H groups in total. The molecule has 2 atom stereocenters. The minimum Gasteiger partial charge on any atom is -0.496 e. The van der Waals surface area contributed by atoms with Gasteiger partial charge in [0, 0.05) is 23.2 Å². The minimum absolute atomic E-state index is 0.0466. The number of methoxy groups -OCH3 is 1. The second kappa shape index (κ2) is 11.7. The number of ether oxygens (including phenoxy) is 1. The molecule has 0 bridgehead atoms. The molecule has 1 fully saturated rings. The fourth-order valence-corrected chi connectivity index (χ4v) is 9.05. The van der Waals surface area contributed by atoms with Crippen molar-refractivity contribution < 1.29 is 18.4 Å². The third-order valence-corrected chi connectivity index (χ3v) is 11.3. The van der Waals surface area contributed by atoms with E-state index in [0.29, 0.717) is 36.3 Å². The topological polar surface area (TPSA) is 113 Å². The number of carbonyl (C=O) groups excluding carboxylic acids is 1. The summed E-state index contributed by atoms with van der Waals surface area (Å²) in [4.78, 5) is 39.4. The van der Waals surface area contributed by atoms with E-state index in [1.807, 2.05) is 23.1 Å². The normalized spacial score (nSPS) is 17.8. The molecule has 2 aliphatic heterocycles. The van der Waals surface area contributed by atoms with Crippen molar-refractivity contribution in [2.75, 3.05) is 19.0 Å². The monoisotopic (exact) mass is 673 g/mol. The standard InChI is InChI=1S/C38H32FN5O4S/c1-47-28-6-2-4-23-24(28)12-14-25(23)42-37-36-21(15-16-40-37)18-30(49-36)33-32(29-19-31(45)43-48-29)26(13-9-20-7-10-22(39)11-8-20)41-35-27-5-3-17-44(27)38(46)34(33)35/h2,4,6-8,10-11,15-16,18-19,25,27H,3,5,9,12-14,17H2,1H3,(H,40,42)(H,43,45)/t25-,27+/m1/s1. The number of anilines is 1. The van der Waals surface area contributed by atoms with Crippen molar-refractivity contribution in [3.05, 3.63) is 117 Å². The van der Waals surface area contributed by atoms with Crippen molar-refractivity contribution in [2.24, 2.45) is 0 Å². The summed E-state index contributed by atoms with van der Waals surface area (Å²) in [5.41, 5.74) is 6.44. The van der Waals surface area contributed by atoms with Gasteiger partial charge in [-0.1, -0.05) is 24.3 Å². The van der Waals surface area contributed by atoms with Crippen LogP contribution in [0.2, 0.25) is 0 Å². The summed E-state index contributed by atoms with van der Waals surface area (Å²) >= 11 is 1.57. The van der Waals surface area contributed by atoms with Crippen LogP contribution in [0.15, 0.2) is 76.2 Å². The number of H-pyrrole nitrogens is 1. The summed E-state index contributed by atoms with van der Waals surface area (Å²) in [5, 5.41) is 7.15. The third-order valence-electron chi connectivity index (χ3n) is 10.1. The lowest BCUT2D eigenvalue weighted by atomic mass is 9.92. The number of hydrogen-bond donors (Lipinski definition) is 2. The zero-order valence-corrected chi connectivity index (χ0v) is 27.5. The first-order valence-electron chi connectivity index (χ1n) is 16.6. The van der Waals surface area contributed by atoms with Crippen LogP contribution in [0, 0.1) is 5.82 Å². The molecule has 0 spiro atoms. The molecule has 3 aliphatic rings. The molecule has 0 radical (unpaired) electrons. The van der Waals surface area contributed by atoms with Crippen molar-refractivity contribution >= 4 is 33.1 Å². The number of rotatable bonds is 8. The molecule has 9 nitrogen and oxygen atoms in total. The zero-order valence-electron chi connectivity index (χ0n) is 26.7. The molecule has 1 amide bonds. The largest absolute Gasteiger partial charge is 0.496 e. The van der Waals surface area contributed by atoms with E-state index in [0.717, 1.165) is 74.7 Å². The molecule has 1 aliphatic carbocycles. The smallest absolute Gasteiger partial charge is 0.280 e. The van der Waals surface area contributed by atoms with Gasteiger partial charge in [-0.25, -0.2) is 9.37 Å². The number of amides is 1. The number of aryl methyl sites for hydroxylation is 2. The minimum atomic E-state index is -0.376. The molecule has 0 unspecified atom stereocenters. The van der Waals surface area contributed by atoms with E-state index < -0.39 is 0 Å². The number of nitrogens with one attached hydrogen (secondary N) is 2. The average molecular weight is 674 g/mol. The number of pyridine rings is 2. The third kappa shape index (κ3) is 4.94. The van der Waals surface area contributed by atoms with Gasteiger partial charge in [0.25, 0.3) is 11.5 Å². The fraction of sp³-hybridized carbons (Fsp3) is 0.263. The Morgan fingerprint density at radius 3 is 2.76 bits per heavy atom. The summed E-state index contributed by atoms with van der Waals surface area (Å²) in [6.45, 7) is 0.677. The van der Waals surface area contributed by atoms with Gasteiger partial charge in [-0.15, -0.1) is 11.3 Å². The molecule has 49 heavy (non-hydrogen) atoms. The summed E-state index contributed by atoms with van der Waals surface area (Å²) < 4.78 is 26.1. The van der Waals surface area contributed by atoms with Crippen LogP contribution < -0.4 is 15.6 Å². The highest BCUT2D eigenvalue weighted by Gasteiger charge is 2.44. The lowest BCUT2D eigenvalue weighted by Gasteiger charge is -2.17. The van der Waals surface area contributed by atoms with Crippen molar-refractivity contribution in [3.63, 3.8) is 0 Å². The summed E-state index contributed by atoms with van der Waals surface area (Å²) in [6.07, 6.45) is 6.50. The molecule has 4 aromatic heterocycles. The molecule has 6 aromatic rings. The van der Waals surface area contributed by atoms with E-state index in [2.05, 4.69) is 22.6 Å². The van der Waals surface area contributed by atoms with Crippen LogP contribution in [0.4, 0.5) is 10.2 Å². The Kier molecular flexibility index (Phi) is 7.12. The quantitative estimate of drug-likeness (QED) is 0.171. The predicted molar refractivity (Wildman–Crippen MR) is 186 cm³/mol. The number of carbonyl (C=O) groups is 1. The number of aromatic amines is 1. The maximum atomic E-state index is 14.2. The van der Waals surface area contributed by atoms with E-state index in [4.69, 9.17) is 19.2 Å². The highest BCUT2D eigenvalue weighted by atomic mass is 32.1. The van der Waals surface area contributed by atoms with E-state index in [9.17, 15) is 14.0 Å². The number of aromatic nitrogens is 3. The Bertz CT molecular complexity index is 2330. The summed E-state index contributed by atoms with van der Waals surface area (Å²) in [7, 11) is 1.71. The van der Waals surface area contributed by atoms with Gasteiger partial charge in [0.05, 0.1) is 52.5 Å². The number of halogens is 1. The highest BCUT2D eigenvalue weighted by Crippen LogP contribution is 2.51. The van der Waals surface area contributed by atoms with E-state index in [1.54, 1.807) is 36.8 Å². The number of hydrogen-bond acceptors (Lipinski definition) is 8. The molecule has 6 heterocycles. The van der Waals surface area contributed by atoms with Crippen molar-refractivity contribution in [1.82, 2.24) is 20.0 Å². The van der Waals surface area contributed by atoms with E-state index in [-0.39, 0.29) is 29.4 Å². The lowest BCUT2D eigenvalue weighted by molar-refractivity contribution is 0.0776. The van der Waals surface area contributed by atoms with Gasteiger partial charge in [0.15, 0.2) is 5.76 Å². The van der Waals surface area contributed by atoms with Gasteiger partial charge in [-0.05, 0) is 90.9 Å². The lowest BCUT2D eigenvalue weighted by Crippen LogP contribution is -2.22. The number of thiophene rings is 1. The second-order valence-electron chi connectivity index (χ2n) is 12.9. The van der Waals surface area contributed by atoms with Crippen LogP contribution in [0.3, 0.4) is 0 Å². The van der Waals surface area contributed by atoms with Crippen LogP contribution in [-0.4, -0.2) is 39.6 Å². The molecule has 246 valence electrons. The van der Waals surface area contributed by atoms with Gasteiger partial charge in [-0.2, -0.15) is 5.16 Å². The number of benzene rings is 2. The Morgan fingerprint density at radius 1 is 1.06 bits per heavy atom. The molecule has 2 aromatic carbocycles. The summed E-state index contributed by atoms with van der Waals surface area (Å²) in [5.74, 6) is 1.67. The van der Waals surface area contributed by atoms with Crippen molar-refractivity contribution in [2.45, 2.75) is 50.6 Å². The van der Waals surface area contributed by atoms with Gasteiger partial charge in [-0.3, -0.25) is 14.6 Å². The van der Waals surface area contributed by atoms with Crippen LogP contribution in [0.1, 0.15) is 69.8 Å². The van der Waals surface area contributed by atoms with Crippen LogP contribution in [0.5, 0.6) is 5.75 Å². The maximum absolute atomic E-state index is 14.2. The second-order valence-corrected chi connectivity index (χ2v) is 13.9. The molecule has 0 saturated carbocycles. The SMILES string of the molecule is COc1cccc2c1CC[C@H]2Nc1nccc2cc(-c3c4c(nc(CCc5ccc(F)cc5)c3-c3cc(=O)[nH]o3)[C@@H]3CCCN3C4=O)sc12. The first-order valence-corrected chi connectivity index (χ1v) is 17.4. The number of fused-ring (bicyclic) bond motifs is 5. The van der Waals surface area contributed by atoms with Gasteiger partial charge < -0.3 is 19.5 Å². The maximum Gasteiger partial charge on any atom is 0.280 e. The molecule has 11 heteroatoms. The van der Waals surface area contributed by atoms with Gasteiger partial charge in [0.1, 0.15) is 17.4 Å². The van der Waals surface area contributed by atoms with Crippen LogP contribution in [0.25, 0.3) is 31.9 Å². The Hall–Kier alpha value is -5.29. The molecule has 9 rings (SSSR count). The first kappa shape index (κ1) is 29.8. The number of nitrogens with zero attached hydrogens (tertiary/aromatic N) is 3. The van der Waals surface area contributed by atoms with Crippen molar-refractivity contribution in [3.8, 4) is 27.5 Å². The summed E-state index contributed by atoms with van der Waals surface area (Å²) in [6, 6.07) is 18.1. The van der Waals surface area contributed by atoms with Crippen molar-refractivity contribution in [1.29, 1.82) is 0 Å². The Labute approximate surface area is 284 Å². The highest BCUT2D eigenvalue weighted by molar-refractivity contribution is 7.23. The van der Waals surface area contributed by atoms with Crippen LogP contribution >= 0.6 is 11.3 Å². The Balaban J connectivity index is 1.20. The van der Waals surface area contributed by atoms with Crippen LogP contribution in [-0.2, 0) is 19.3 Å². The van der Waals surface area contributed by atoms with Gasteiger partial charge in [0.2, 0.25) is 0 Å². The Morgan fingerprint density at radius 2 is 1.94 bits per heavy atom.